The van der Waals surface area contributed by atoms with Crippen molar-refractivity contribution in [2.24, 2.45) is 0 Å². The molecule has 0 spiro atoms. The van der Waals surface area contributed by atoms with E-state index in [9.17, 15) is 0 Å². The molecule has 0 bridgehead atoms. The molecule has 1 aliphatic rings. The molecule has 0 saturated carbocycles. The largest absolute Gasteiger partial charge is 0.306 e. The topological polar surface area (TPSA) is 3.24 Å². The van der Waals surface area contributed by atoms with Crippen molar-refractivity contribution in [3.05, 3.63) is 12.2 Å². The van der Waals surface area contributed by atoms with Gasteiger partial charge in [-0.2, -0.15) is 0 Å². The predicted octanol–water partition coefficient (Wildman–Crippen LogP) is 4.86. The lowest BCUT2D eigenvalue weighted by Crippen LogP contribution is -2.48. The van der Waals surface area contributed by atoms with Gasteiger partial charge in [0.25, 0.3) is 0 Å². The number of allylic oxidation sites excluding steroid dienone is 2. The van der Waals surface area contributed by atoms with Gasteiger partial charge in [0.05, 0.1) is 8.07 Å². The third-order valence-corrected chi connectivity index (χ3v) is 9.70. The van der Waals surface area contributed by atoms with Crippen LogP contribution in [0.1, 0.15) is 52.9 Å². The molecule has 0 amide bonds. The first kappa shape index (κ1) is 16.0. The molecule has 0 radical (unpaired) electrons. The summed E-state index contributed by atoms with van der Waals surface area (Å²) in [5.74, 6) is 0. The summed E-state index contributed by atoms with van der Waals surface area (Å²) >= 11 is 0. The molecule has 1 heterocycles. The van der Waals surface area contributed by atoms with Gasteiger partial charge in [-0.05, 0) is 45.1 Å². The molecule has 2 heteroatoms. The smallest absolute Gasteiger partial charge is 0.0727 e. The second-order valence-corrected chi connectivity index (χ2v) is 10.8. The van der Waals surface area contributed by atoms with Crippen molar-refractivity contribution in [3.63, 3.8) is 0 Å². The Kier molecular flexibility index (Phi) is 7.92. The van der Waals surface area contributed by atoms with E-state index in [2.05, 4.69) is 37.8 Å². The van der Waals surface area contributed by atoms with E-state index in [0.29, 0.717) is 0 Å². The number of piperidine rings is 1. The van der Waals surface area contributed by atoms with Crippen molar-refractivity contribution < 1.29 is 0 Å². The molecular formula is C16H33NSi. The minimum atomic E-state index is -1.06. The Bertz CT molecular complexity index is 225. The Morgan fingerprint density at radius 3 is 2.11 bits per heavy atom. The van der Waals surface area contributed by atoms with Gasteiger partial charge in [0.1, 0.15) is 0 Å². The van der Waals surface area contributed by atoms with Crippen molar-refractivity contribution in [2.75, 3.05) is 19.3 Å². The number of rotatable bonds is 8. The molecule has 1 fully saturated rings. The summed E-state index contributed by atoms with van der Waals surface area (Å²) in [6.45, 7) is 9.68. The van der Waals surface area contributed by atoms with Gasteiger partial charge >= 0.3 is 0 Å². The average Bonchev–Trinajstić information content (AvgIpc) is 2.38. The van der Waals surface area contributed by atoms with Gasteiger partial charge in [-0.15, -0.1) is 0 Å². The molecular weight excluding hydrogens is 234 g/mol. The van der Waals surface area contributed by atoms with Crippen molar-refractivity contribution in [2.45, 2.75) is 71.0 Å². The summed E-state index contributed by atoms with van der Waals surface area (Å²) in [6.07, 6.45) is 13.3. The summed E-state index contributed by atoms with van der Waals surface area (Å²) in [6, 6.07) is 4.48. The van der Waals surface area contributed by atoms with Crippen molar-refractivity contribution in [1.29, 1.82) is 0 Å². The minimum absolute atomic E-state index is 1.06. The molecule has 0 unspecified atom stereocenters. The molecule has 0 N–H and O–H groups in total. The van der Waals surface area contributed by atoms with E-state index < -0.39 is 8.07 Å². The first-order chi connectivity index (χ1) is 8.76. The van der Waals surface area contributed by atoms with Crippen molar-refractivity contribution >= 4 is 8.07 Å². The van der Waals surface area contributed by atoms with Crippen LogP contribution in [0.15, 0.2) is 12.2 Å². The lowest BCUT2D eigenvalue weighted by atomic mass is 10.1. The molecule has 0 aromatic rings. The Labute approximate surface area is 116 Å². The molecule has 1 saturated heterocycles. The third kappa shape index (κ3) is 5.27. The molecule has 18 heavy (non-hydrogen) atoms. The summed E-state index contributed by atoms with van der Waals surface area (Å²) in [5.41, 5.74) is 0. The minimum Gasteiger partial charge on any atom is -0.306 e. The highest BCUT2D eigenvalue weighted by atomic mass is 28.3. The standard InChI is InChI=1S/C16H33NSi/c1-4-7-15-18(13-5-2,14-6-3)16-17-11-9-8-10-12-17/h4,7H,5-6,8-16H2,1-3H3. The first-order valence-corrected chi connectivity index (χ1v) is 10.9. The van der Waals surface area contributed by atoms with Crippen LogP contribution in [-0.2, 0) is 0 Å². The maximum Gasteiger partial charge on any atom is 0.0727 e. The fraction of sp³-hybridized carbons (Fsp3) is 0.875. The molecule has 0 aromatic heterocycles. The molecule has 1 aliphatic heterocycles. The van der Waals surface area contributed by atoms with Crippen molar-refractivity contribution in [1.82, 2.24) is 4.90 Å². The van der Waals surface area contributed by atoms with E-state index in [4.69, 9.17) is 0 Å². The van der Waals surface area contributed by atoms with E-state index >= 15 is 0 Å². The Balaban J connectivity index is 2.64. The fourth-order valence-electron chi connectivity index (χ4n) is 3.57. The molecule has 106 valence electrons. The molecule has 0 aliphatic carbocycles. The third-order valence-electron chi connectivity index (χ3n) is 4.35. The maximum absolute atomic E-state index is 2.80. The highest BCUT2D eigenvalue weighted by Crippen LogP contribution is 2.27. The zero-order valence-corrected chi connectivity index (χ0v) is 13.9. The summed E-state index contributed by atoms with van der Waals surface area (Å²) in [5, 5.41) is 0. The normalized spacial score (nSPS) is 18.6. The predicted molar refractivity (Wildman–Crippen MR) is 85.9 cm³/mol. The number of hydrogen-bond acceptors (Lipinski definition) is 1. The molecule has 1 nitrogen and oxygen atoms in total. The van der Waals surface area contributed by atoms with Crippen LogP contribution in [0.2, 0.25) is 18.1 Å². The molecule has 0 aromatic carbocycles. The van der Waals surface area contributed by atoms with Crippen LogP contribution in [-0.4, -0.2) is 32.2 Å². The second kappa shape index (κ2) is 8.92. The highest BCUT2D eigenvalue weighted by molar-refractivity contribution is 6.80. The van der Waals surface area contributed by atoms with Crippen LogP contribution in [0.25, 0.3) is 0 Å². The van der Waals surface area contributed by atoms with Crippen LogP contribution >= 0.6 is 0 Å². The monoisotopic (exact) mass is 267 g/mol. The fourth-order valence-corrected chi connectivity index (χ4v) is 8.80. The molecule has 1 rings (SSSR count). The maximum atomic E-state index is 2.80. The van der Waals surface area contributed by atoms with E-state index in [1.165, 1.54) is 69.5 Å². The van der Waals surface area contributed by atoms with E-state index in [-0.39, 0.29) is 0 Å². The second-order valence-electron chi connectivity index (χ2n) is 6.11. The quantitative estimate of drug-likeness (QED) is 0.448. The number of likely N-dealkylation sites (tertiary alicyclic amines) is 1. The lowest BCUT2D eigenvalue weighted by Gasteiger charge is -2.38. The Morgan fingerprint density at radius 2 is 1.61 bits per heavy atom. The van der Waals surface area contributed by atoms with Gasteiger partial charge in [-0.3, -0.25) is 0 Å². The van der Waals surface area contributed by atoms with Crippen LogP contribution in [0.3, 0.4) is 0 Å². The Hall–Kier alpha value is -0.0831. The van der Waals surface area contributed by atoms with Gasteiger partial charge in [-0.1, -0.05) is 57.4 Å². The number of nitrogens with zero attached hydrogens (tertiary/aromatic N) is 1. The van der Waals surface area contributed by atoms with Gasteiger partial charge in [0, 0.05) is 0 Å². The first-order valence-electron chi connectivity index (χ1n) is 8.10. The van der Waals surface area contributed by atoms with Crippen LogP contribution in [0.4, 0.5) is 0 Å². The van der Waals surface area contributed by atoms with Crippen LogP contribution in [0.5, 0.6) is 0 Å². The van der Waals surface area contributed by atoms with Crippen molar-refractivity contribution in [3.8, 4) is 0 Å². The van der Waals surface area contributed by atoms with Crippen LogP contribution in [0, 0.1) is 0 Å². The summed E-state index contributed by atoms with van der Waals surface area (Å²) in [4.78, 5) is 2.80. The SMILES string of the molecule is CC=CC[Si](CCC)(CCC)CN1CCCCC1. The number of hydrogen-bond donors (Lipinski definition) is 0. The van der Waals surface area contributed by atoms with Crippen LogP contribution < -0.4 is 0 Å². The van der Waals surface area contributed by atoms with E-state index in [1.807, 2.05) is 0 Å². The molecule has 0 atom stereocenters. The van der Waals surface area contributed by atoms with E-state index in [0.717, 1.165) is 0 Å². The lowest BCUT2D eigenvalue weighted by molar-refractivity contribution is 0.258. The van der Waals surface area contributed by atoms with E-state index in [1.54, 1.807) is 0 Å². The summed E-state index contributed by atoms with van der Waals surface area (Å²) < 4.78 is 0. The van der Waals surface area contributed by atoms with Gasteiger partial charge in [0.2, 0.25) is 0 Å². The highest BCUT2D eigenvalue weighted by Gasteiger charge is 2.32. The average molecular weight is 268 g/mol. The summed E-state index contributed by atoms with van der Waals surface area (Å²) in [7, 11) is -1.06. The van der Waals surface area contributed by atoms with Gasteiger partial charge in [-0.25, -0.2) is 0 Å². The zero-order valence-electron chi connectivity index (χ0n) is 12.9. The van der Waals surface area contributed by atoms with Gasteiger partial charge in [0.15, 0.2) is 0 Å². The zero-order chi connectivity index (χ0) is 13.3. The van der Waals surface area contributed by atoms with Gasteiger partial charge < -0.3 is 4.90 Å². The Morgan fingerprint density at radius 1 is 1.00 bits per heavy atom.